The Bertz CT molecular complexity index is 756. The molecule has 0 bridgehead atoms. The van der Waals surface area contributed by atoms with Crippen molar-refractivity contribution in [1.29, 1.82) is 0 Å². The molecule has 0 unspecified atom stereocenters. The number of benzene rings is 2. The highest BCUT2D eigenvalue weighted by Crippen LogP contribution is 2.21. The second-order valence-corrected chi connectivity index (χ2v) is 6.55. The highest BCUT2D eigenvalue weighted by atomic mass is 32.2. The van der Waals surface area contributed by atoms with E-state index in [0.717, 1.165) is 40.7 Å². The first-order valence-electron chi connectivity index (χ1n) is 8.19. The minimum absolute atomic E-state index is 0.680. The maximum absolute atomic E-state index is 5.72. The van der Waals surface area contributed by atoms with Crippen LogP contribution in [0.5, 0.6) is 11.5 Å². The van der Waals surface area contributed by atoms with Crippen molar-refractivity contribution in [3.8, 4) is 23.0 Å². The predicted molar refractivity (Wildman–Crippen MR) is 101 cm³/mol. The van der Waals surface area contributed by atoms with Gasteiger partial charge in [0.2, 0.25) is 5.89 Å². The number of rotatable bonds is 9. The Kier molecular flexibility index (Phi) is 6.40. The standard InChI is InChI=1S/C20H21NO3S/c1-22-18-8-10-19(11-9-18)23-12-5-13-25-15-17-14-24-20(21-17)16-6-3-2-4-7-16/h2-4,6-11,14H,5,12-13,15H2,1H3. The van der Waals surface area contributed by atoms with Gasteiger partial charge in [-0.15, -0.1) is 0 Å². The van der Waals surface area contributed by atoms with E-state index in [-0.39, 0.29) is 0 Å². The summed E-state index contributed by atoms with van der Waals surface area (Å²) in [6.07, 6.45) is 2.73. The molecule has 4 nitrogen and oxygen atoms in total. The Morgan fingerprint density at radius 3 is 2.52 bits per heavy atom. The number of hydrogen-bond acceptors (Lipinski definition) is 5. The number of methoxy groups -OCH3 is 1. The average Bonchev–Trinajstić information content (AvgIpc) is 3.15. The smallest absolute Gasteiger partial charge is 0.226 e. The Labute approximate surface area is 152 Å². The first kappa shape index (κ1) is 17.4. The number of ether oxygens (including phenoxy) is 2. The fourth-order valence-corrected chi connectivity index (χ4v) is 3.09. The summed E-state index contributed by atoms with van der Waals surface area (Å²) in [7, 11) is 1.66. The average molecular weight is 355 g/mol. The molecule has 0 atom stereocenters. The third-order valence-electron chi connectivity index (χ3n) is 3.58. The van der Waals surface area contributed by atoms with Crippen LogP contribution in [0.4, 0.5) is 0 Å². The molecule has 0 aliphatic rings. The van der Waals surface area contributed by atoms with Gasteiger partial charge in [0.15, 0.2) is 0 Å². The summed E-state index contributed by atoms with van der Waals surface area (Å²) in [4.78, 5) is 4.53. The molecule has 25 heavy (non-hydrogen) atoms. The van der Waals surface area contributed by atoms with Gasteiger partial charge in [0.25, 0.3) is 0 Å². The van der Waals surface area contributed by atoms with Crippen LogP contribution >= 0.6 is 11.8 Å². The molecule has 0 N–H and O–H groups in total. The van der Waals surface area contributed by atoms with Crippen molar-refractivity contribution in [2.45, 2.75) is 12.2 Å². The van der Waals surface area contributed by atoms with Gasteiger partial charge in [0.1, 0.15) is 17.8 Å². The van der Waals surface area contributed by atoms with E-state index < -0.39 is 0 Å². The quantitative estimate of drug-likeness (QED) is 0.502. The van der Waals surface area contributed by atoms with Gasteiger partial charge in [-0.2, -0.15) is 11.8 Å². The first-order valence-corrected chi connectivity index (χ1v) is 9.35. The molecule has 3 rings (SSSR count). The maximum Gasteiger partial charge on any atom is 0.226 e. The van der Waals surface area contributed by atoms with Crippen LogP contribution in [0, 0.1) is 0 Å². The highest BCUT2D eigenvalue weighted by molar-refractivity contribution is 7.98. The Balaban J connectivity index is 1.34. The molecule has 0 aliphatic carbocycles. The van der Waals surface area contributed by atoms with E-state index in [1.165, 1.54) is 0 Å². The lowest BCUT2D eigenvalue weighted by molar-refractivity contribution is 0.318. The van der Waals surface area contributed by atoms with Gasteiger partial charge in [0, 0.05) is 11.3 Å². The van der Waals surface area contributed by atoms with Crippen LogP contribution in [0.2, 0.25) is 0 Å². The molecule has 0 saturated heterocycles. The number of aromatic nitrogens is 1. The van der Waals surface area contributed by atoms with Crippen molar-refractivity contribution in [1.82, 2.24) is 4.98 Å². The van der Waals surface area contributed by atoms with Crippen molar-refractivity contribution < 1.29 is 13.9 Å². The van der Waals surface area contributed by atoms with E-state index in [1.54, 1.807) is 13.4 Å². The third kappa shape index (κ3) is 5.29. The van der Waals surface area contributed by atoms with Crippen LogP contribution in [-0.2, 0) is 5.75 Å². The third-order valence-corrected chi connectivity index (χ3v) is 4.66. The van der Waals surface area contributed by atoms with Crippen LogP contribution in [0.3, 0.4) is 0 Å². The van der Waals surface area contributed by atoms with Gasteiger partial charge in [-0.1, -0.05) is 18.2 Å². The number of nitrogens with zero attached hydrogens (tertiary/aromatic N) is 1. The van der Waals surface area contributed by atoms with Crippen LogP contribution in [0.1, 0.15) is 12.1 Å². The molecule has 0 spiro atoms. The van der Waals surface area contributed by atoms with E-state index in [1.807, 2.05) is 66.4 Å². The van der Waals surface area contributed by atoms with Crippen molar-refractivity contribution in [3.05, 3.63) is 66.6 Å². The van der Waals surface area contributed by atoms with Gasteiger partial charge in [-0.05, 0) is 48.6 Å². The fourth-order valence-electron chi connectivity index (χ4n) is 2.29. The Morgan fingerprint density at radius 2 is 1.76 bits per heavy atom. The minimum Gasteiger partial charge on any atom is -0.497 e. The second kappa shape index (κ2) is 9.18. The summed E-state index contributed by atoms with van der Waals surface area (Å²) in [6.45, 7) is 0.702. The molecule has 0 radical (unpaired) electrons. The van der Waals surface area contributed by atoms with E-state index in [0.29, 0.717) is 12.5 Å². The van der Waals surface area contributed by atoms with Crippen molar-refractivity contribution in [3.63, 3.8) is 0 Å². The summed E-state index contributed by atoms with van der Waals surface area (Å²) in [5, 5.41) is 0. The molecule has 3 aromatic rings. The van der Waals surface area contributed by atoms with Crippen LogP contribution in [0.15, 0.2) is 65.3 Å². The normalized spacial score (nSPS) is 10.6. The summed E-state index contributed by atoms with van der Waals surface area (Å²) < 4.78 is 16.4. The first-order chi connectivity index (χ1) is 12.3. The highest BCUT2D eigenvalue weighted by Gasteiger charge is 2.06. The van der Waals surface area contributed by atoms with E-state index >= 15 is 0 Å². The summed E-state index contributed by atoms with van der Waals surface area (Å²) >= 11 is 1.83. The zero-order chi connectivity index (χ0) is 17.3. The molecule has 1 heterocycles. The fraction of sp³-hybridized carbons (Fsp3) is 0.250. The van der Waals surface area contributed by atoms with Gasteiger partial charge in [0.05, 0.1) is 19.4 Å². The van der Waals surface area contributed by atoms with Crippen LogP contribution in [-0.4, -0.2) is 24.5 Å². The van der Waals surface area contributed by atoms with E-state index in [4.69, 9.17) is 13.9 Å². The zero-order valence-electron chi connectivity index (χ0n) is 14.2. The molecule has 0 aliphatic heterocycles. The lowest BCUT2D eigenvalue weighted by Crippen LogP contribution is -1.99. The molecule has 130 valence electrons. The number of hydrogen-bond donors (Lipinski definition) is 0. The SMILES string of the molecule is COc1ccc(OCCCSCc2coc(-c3ccccc3)n2)cc1. The molecular formula is C20H21NO3S. The molecule has 1 aromatic heterocycles. The molecule has 0 saturated carbocycles. The Morgan fingerprint density at radius 1 is 1.00 bits per heavy atom. The zero-order valence-corrected chi connectivity index (χ0v) is 15.0. The van der Waals surface area contributed by atoms with Crippen molar-refractivity contribution >= 4 is 11.8 Å². The summed E-state index contributed by atoms with van der Waals surface area (Å²) in [5.41, 5.74) is 1.98. The monoisotopic (exact) mass is 355 g/mol. The summed E-state index contributed by atoms with van der Waals surface area (Å²) in [6, 6.07) is 17.6. The lowest BCUT2D eigenvalue weighted by Gasteiger charge is -2.06. The van der Waals surface area contributed by atoms with Crippen LogP contribution in [0.25, 0.3) is 11.5 Å². The Hall–Kier alpha value is -2.40. The number of thioether (sulfide) groups is 1. The van der Waals surface area contributed by atoms with E-state index in [2.05, 4.69) is 4.98 Å². The molecule has 0 amide bonds. The van der Waals surface area contributed by atoms with Gasteiger partial charge in [-0.3, -0.25) is 0 Å². The molecular weight excluding hydrogens is 334 g/mol. The van der Waals surface area contributed by atoms with Gasteiger partial charge >= 0.3 is 0 Å². The maximum atomic E-state index is 5.72. The molecule has 5 heteroatoms. The van der Waals surface area contributed by atoms with Crippen molar-refractivity contribution in [2.75, 3.05) is 19.5 Å². The van der Waals surface area contributed by atoms with Crippen LogP contribution < -0.4 is 9.47 Å². The number of oxazole rings is 1. The van der Waals surface area contributed by atoms with Crippen molar-refractivity contribution in [2.24, 2.45) is 0 Å². The largest absolute Gasteiger partial charge is 0.497 e. The molecule has 2 aromatic carbocycles. The lowest BCUT2D eigenvalue weighted by atomic mass is 10.2. The predicted octanol–water partition coefficient (Wildman–Crippen LogP) is 5.05. The molecule has 0 fully saturated rings. The van der Waals surface area contributed by atoms with Gasteiger partial charge in [-0.25, -0.2) is 4.98 Å². The van der Waals surface area contributed by atoms with E-state index in [9.17, 15) is 0 Å². The second-order valence-electron chi connectivity index (χ2n) is 5.44. The minimum atomic E-state index is 0.680. The van der Waals surface area contributed by atoms with Gasteiger partial charge < -0.3 is 13.9 Å². The topological polar surface area (TPSA) is 44.5 Å². The summed E-state index contributed by atoms with van der Waals surface area (Å²) in [5.74, 6) is 4.25.